The molecular formula is C20H19FN4O3S. The van der Waals surface area contributed by atoms with Gasteiger partial charge in [0.1, 0.15) is 5.82 Å². The number of halogens is 1. The smallest absolute Gasteiger partial charge is 0.277 e. The lowest BCUT2D eigenvalue weighted by Crippen LogP contribution is -2.27. The first-order valence-electron chi connectivity index (χ1n) is 8.90. The lowest BCUT2D eigenvalue weighted by molar-refractivity contribution is -0.118. The molecule has 2 aromatic carbocycles. The van der Waals surface area contributed by atoms with Gasteiger partial charge in [0.05, 0.1) is 17.9 Å². The number of amides is 2. The van der Waals surface area contributed by atoms with Crippen molar-refractivity contribution in [1.82, 2.24) is 20.8 Å². The monoisotopic (exact) mass is 414 g/mol. The van der Waals surface area contributed by atoms with Crippen molar-refractivity contribution in [3.8, 4) is 0 Å². The molecule has 0 fully saturated rings. The number of thioether (sulfide) groups is 1. The maximum absolute atomic E-state index is 13.6. The van der Waals surface area contributed by atoms with Crippen LogP contribution in [0.5, 0.6) is 0 Å². The highest BCUT2D eigenvalue weighted by Gasteiger charge is 2.13. The highest BCUT2D eigenvalue weighted by atomic mass is 32.2. The van der Waals surface area contributed by atoms with Gasteiger partial charge in [0, 0.05) is 6.54 Å². The van der Waals surface area contributed by atoms with Crippen molar-refractivity contribution in [2.45, 2.75) is 18.2 Å². The van der Waals surface area contributed by atoms with Gasteiger partial charge in [-0.05, 0) is 24.1 Å². The lowest BCUT2D eigenvalue weighted by atomic mass is 10.1. The fourth-order valence-electron chi connectivity index (χ4n) is 2.43. The quantitative estimate of drug-likeness (QED) is 0.523. The fourth-order valence-corrected chi connectivity index (χ4v) is 3.04. The molecule has 1 heterocycles. The first kappa shape index (κ1) is 20.5. The Kier molecular flexibility index (Phi) is 7.34. The Morgan fingerprint density at radius 3 is 2.55 bits per heavy atom. The molecule has 0 saturated heterocycles. The SMILES string of the molecule is O=C(CSc1nnc(CNC(=O)c2ccccc2F)o1)NCCc1ccccc1. The van der Waals surface area contributed by atoms with Gasteiger partial charge < -0.3 is 15.1 Å². The molecule has 2 N–H and O–H groups in total. The summed E-state index contributed by atoms with van der Waals surface area (Å²) in [6.45, 7) is 0.505. The summed E-state index contributed by atoms with van der Waals surface area (Å²) in [5.41, 5.74) is 1.09. The molecule has 7 nitrogen and oxygen atoms in total. The summed E-state index contributed by atoms with van der Waals surface area (Å²) in [6.07, 6.45) is 0.754. The Labute approximate surface area is 171 Å². The van der Waals surface area contributed by atoms with Gasteiger partial charge in [-0.15, -0.1) is 10.2 Å². The van der Waals surface area contributed by atoms with Gasteiger partial charge in [-0.3, -0.25) is 9.59 Å². The maximum Gasteiger partial charge on any atom is 0.277 e. The van der Waals surface area contributed by atoms with E-state index >= 15 is 0 Å². The van der Waals surface area contributed by atoms with E-state index in [2.05, 4.69) is 20.8 Å². The van der Waals surface area contributed by atoms with E-state index in [-0.39, 0.29) is 34.9 Å². The Morgan fingerprint density at radius 1 is 1.00 bits per heavy atom. The number of rotatable bonds is 9. The van der Waals surface area contributed by atoms with Crippen molar-refractivity contribution in [2.75, 3.05) is 12.3 Å². The van der Waals surface area contributed by atoms with Crippen LogP contribution in [0.25, 0.3) is 0 Å². The number of aromatic nitrogens is 2. The van der Waals surface area contributed by atoms with Crippen molar-refractivity contribution in [1.29, 1.82) is 0 Å². The van der Waals surface area contributed by atoms with Gasteiger partial charge in [0.2, 0.25) is 11.8 Å². The average Bonchev–Trinajstić information content (AvgIpc) is 3.19. The van der Waals surface area contributed by atoms with Crippen LogP contribution >= 0.6 is 11.8 Å². The summed E-state index contributed by atoms with van der Waals surface area (Å²) in [4.78, 5) is 23.9. The van der Waals surface area contributed by atoms with Crippen molar-refractivity contribution >= 4 is 23.6 Å². The van der Waals surface area contributed by atoms with E-state index in [1.54, 1.807) is 6.07 Å². The number of hydrogen-bond acceptors (Lipinski definition) is 6. The third kappa shape index (κ3) is 6.42. The van der Waals surface area contributed by atoms with Crippen LogP contribution in [0.2, 0.25) is 0 Å². The third-order valence-electron chi connectivity index (χ3n) is 3.87. The molecule has 0 atom stereocenters. The second-order valence-electron chi connectivity index (χ2n) is 6.00. The molecule has 3 rings (SSSR count). The summed E-state index contributed by atoms with van der Waals surface area (Å²) in [5.74, 6) is -1.02. The second-order valence-corrected chi connectivity index (χ2v) is 6.93. The minimum absolute atomic E-state index is 0.0377. The highest BCUT2D eigenvalue weighted by Crippen LogP contribution is 2.15. The van der Waals surface area contributed by atoms with Crippen LogP contribution in [0.15, 0.2) is 64.2 Å². The zero-order chi connectivity index (χ0) is 20.5. The van der Waals surface area contributed by atoms with E-state index in [1.165, 1.54) is 18.2 Å². The molecule has 29 heavy (non-hydrogen) atoms. The van der Waals surface area contributed by atoms with Crippen LogP contribution in [0.3, 0.4) is 0 Å². The standard InChI is InChI=1S/C20H19FN4O3S/c21-16-9-5-4-8-15(16)19(27)23-12-18-24-25-20(28-18)29-13-17(26)22-11-10-14-6-2-1-3-7-14/h1-9H,10-13H2,(H,22,26)(H,23,27). The van der Waals surface area contributed by atoms with Gasteiger partial charge in [-0.25, -0.2) is 4.39 Å². The minimum Gasteiger partial charge on any atom is -0.414 e. The molecule has 0 aliphatic heterocycles. The number of hydrogen-bond donors (Lipinski definition) is 2. The fraction of sp³-hybridized carbons (Fsp3) is 0.200. The van der Waals surface area contributed by atoms with E-state index in [0.29, 0.717) is 6.54 Å². The summed E-state index contributed by atoms with van der Waals surface area (Å²) in [5, 5.41) is 13.2. The van der Waals surface area contributed by atoms with Crippen molar-refractivity contribution in [2.24, 2.45) is 0 Å². The van der Waals surface area contributed by atoms with Gasteiger partial charge in [0.25, 0.3) is 11.1 Å². The zero-order valence-electron chi connectivity index (χ0n) is 15.4. The Hall–Kier alpha value is -3.20. The number of nitrogens with one attached hydrogen (secondary N) is 2. The van der Waals surface area contributed by atoms with Crippen LogP contribution in [0, 0.1) is 5.82 Å². The van der Waals surface area contributed by atoms with Gasteiger partial charge in [-0.1, -0.05) is 54.2 Å². The molecule has 0 radical (unpaired) electrons. The molecular weight excluding hydrogens is 395 g/mol. The van der Waals surface area contributed by atoms with Crippen molar-refractivity contribution in [3.63, 3.8) is 0 Å². The van der Waals surface area contributed by atoms with Crippen molar-refractivity contribution < 1.29 is 18.4 Å². The predicted molar refractivity (Wildman–Crippen MR) is 106 cm³/mol. The molecule has 0 saturated carbocycles. The molecule has 0 spiro atoms. The number of carbonyl (C=O) groups is 2. The van der Waals surface area contributed by atoms with Crippen molar-refractivity contribution in [3.05, 3.63) is 77.4 Å². The van der Waals surface area contributed by atoms with E-state index in [4.69, 9.17) is 4.42 Å². The number of nitrogens with zero attached hydrogens (tertiary/aromatic N) is 2. The van der Waals surface area contributed by atoms with E-state index in [9.17, 15) is 14.0 Å². The predicted octanol–water partition coefficient (Wildman–Crippen LogP) is 2.59. The zero-order valence-corrected chi connectivity index (χ0v) is 16.2. The van der Waals surface area contributed by atoms with Crippen LogP contribution in [0.4, 0.5) is 4.39 Å². The van der Waals surface area contributed by atoms with E-state index in [1.807, 2.05) is 30.3 Å². The van der Waals surface area contributed by atoms with E-state index < -0.39 is 11.7 Å². The molecule has 0 aliphatic carbocycles. The third-order valence-corrected chi connectivity index (χ3v) is 4.69. The highest BCUT2D eigenvalue weighted by molar-refractivity contribution is 7.99. The molecule has 0 aliphatic rings. The topological polar surface area (TPSA) is 97.1 Å². The molecule has 1 aromatic heterocycles. The Bertz CT molecular complexity index is 965. The largest absolute Gasteiger partial charge is 0.414 e. The first-order chi connectivity index (χ1) is 14.1. The van der Waals surface area contributed by atoms with E-state index in [0.717, 1.165) is 23.7 Å². The van der Waals surface area contributed by atoms with Crippen LogP contribution in [0.1, 0.15) is 21.8 Å². The maximum atomic E-state index is 13.6. The normalized spacial score (nSPS) is 10.5. The molecule has 150 valence electrons. The molecule has 0 unspecified atom stereocenters. The Morgan fingerprint density at radius 2 is 1.76 bits per heavy atom. The van der Waals surface area contributed by atoms with Crippen LogP contribution in [-0.2, 0) is 17.8 Å². The van der Waals surface area contributed by atoms with Crippen LogP contribution in [-0.4, -0.2) is 34.3 Å². The average molecular weight is 414 g/mol. The Balaban J connectivity index is 1.38. The molecule has 3 aromatic rings. The minimum atomic E-state index is -0.606. The molecule has 9 heteroatoms. The van der Waals surface area contributed by atoms with Crippen LogP contribution < -0.4 is 10.6 Å². The van der Waals surface area contributed by atoms with Gasteiger partial charge >= 0.3 is 0 Å². The summed E-state index contributed by atoms with van der Waals surface area (Å²) < 4.78 is 19.0. The van der Waals surface area contributed by atoms with Gasteiger partial charge in [0.15, 0.2) is 0 Å². The molecule has 2 amide bonds. The lowest BCUT2D eigenvalue weighted by Gasteiger charge is -2.04. The summed E-state index contributed by atoms with van der Waals surface area (Å²) >= 11 is 1.10. The summed E-state index contributed by atoms with van der Waals surface area (Å²) in [7, 11) is 0. The van der Waals surface area contributed by atoms with Gasteiger partial charge in [-0.2, -0.15) is 0 Å². The summed E-state index contributed by atoms with van der Waals surface area (Å²) in [6, 6.07) is 15.5. The first-order valence-corrected chi connectivity index (χ1v) is 9.89. The number of carbonyl (C=O) groups excluding carboxylic acids is 2. The second kappa shape index (κ2) is 10.4. The number of benzene rings is 2. The molecule has 0 bridgehead atoms.